The van der Waals surface area contributed by atoms with Gasteiger partial charge < -0.3 is 9.64 Å². The lowest BCUT2D eigenvalue weighted by molar-refractivity contribution is 0.00492. The molecule has 94 valence electrons. The first-order valence-corrected chi connectivity index (χ1v) is 6.38. The predicted molar refractivity (Wildman–Crippen MR) is 66.4 cm³/mol. The topological polar surface area (TPSA) is 29.5 Å². The zero-order valence-corrected chi connectivity index (χ0v) is 10.9. The molecule has 3 heteroatoms. The molecule has 2 unspecified atom stereocenters. The lowest BCUT2D eigenvalue weighted by Crippen LogP contribution is -2.48. The first-order chi connectivity index (χ1) is 7.90. The highest BCUT2D eigenvalue weighted by atomic mass is 16.6. The lowest BCUT2D eigenvalue weighted by atomic mass is 9.92. The molecule has 3 atom stereocenters. The summed E-state index contributed by atoms with van der Waals surface area (Å²) >= 11 is 0. The highest BCUT2D eigenvalue weighted by Crippen LogP contribution is 2.39. The third kappa shape index (κ3) is 2.57. The van der Waals surface area contributed by atoms with E-state index >= 15 is 0 Å². The van der Waals surface area contributed by atoms with Crippen LogP contribution in [-0.4, -0.2) is 28.7 Å². The van der Waals surface area contributed by atoms with Crippen molar-refractivity contribution in [2.75, 3.05) is 0 Å². The molecule has 2 aliphatic rings. The van der Waals surface area contributed by atoms with Crippen molar-refractivity contribution in [3.8, 4) is 12.3 Å². The SMILES string of the molecule is C#CC1CC2CC[C@@H](C1)N2C(=O)OC(C)(C)C. The minimum absolute atomic E-state index is 0.166. The van der Waals surface area contributed by atoms with E-state index < -0.39 is 5.60 Å². The van der Waals surface area contributed by atoms with Crippen molar-refractivity contribution in [2.45, 2.75) is 64.1 Å². The molecule has 2 heterocycles. The summed E-state index contributed by atoms with van der Waals surface area (Å²) in [6.45, 7) is 5.71. The summed E-state index contributed by atoms with van der Waals surface area (Å²) in [7, 11) is 0. The summed E-state index contributed by atoms with van der Waals surface area (Å²) in [5.41, 5.74) is -0.417. The van der Waals surface area contributed by atoms with Crippen molar-refractivity contribution >= 4 is 6.09 Å². The molecule has 0 N–H and O–H groups in total. The van der Waals surface area contributed by atoms with E-state index in [0.29, 0.717) is 18.0 Å². The number of nitrogens with zero attached hydrogens (tertiary/aromatic N) is 1. The largest absolute Gasteiger partial charge is 0.444 e. The Morgan fingerprint density at radius 3 is 2.24 bits per heavy atom. The van der Waals surface area contributed by atoms with E-state index in [-0.39, 0.29) is 6.09 Å². The van der Waals surface area contributed by atoms with E-state index in [1.807, 2.05) is 25.7 Å². The molecular formula is C14H21NO2. The minimum Gasteiger partial charge on any atom is -0.444 e. The van der Waals surface area contributed by atoms with Crippen molar-refractivity contribution < 1.29 is 9.53 Å². The zero-order valence-electron chi connectivity index (χ0n) is 10.9. The average molecular weight is 235 g/mol. The van der Waals surface area contributed by atoms with Gasteiger partial charge in [-0.05, 0) is 46.5 Å². The quantitative estimate of drug-likeness (QED) is 0.604. The number of terminal acetylenes is 1. The van der Waals surface area contributed by atoms with Crippen LogP contribution in [0.4, 0.5) is 4.79 Å². The third-order valence-electron chi connectivity index (χ3n) is 3.57. The number of fused-ring (bicyclic) bond motifs is 2. The van der Waals surface area contributed by atoms with Gasteiger partial charge in [-0.25, -0.2) is 4.79 Å². The fraction of sp³-hybridized carbons (Fsp3) is 0.786. The van der Waals surface area contributed by atoms with Crippen LogP contribution in [0, 0.1) is 18.3 Å². The predicted octanol–water partition coefficient (Wildman–Crippen LogP) is 2.80. The van der Waals surface area contributed by atoms with Gasteiger partial charge in [-0.2, -0.15) is 0 Å². The first kappa shape index (κ1) is 12.3. The van der Waals surface area contributed by atoms with Crippen LogP contribution >= 0.6 is 0 Å². The average Bonchev–Trinajstić information content (AvgIpc) is 2.47. The molecule has 2 aliphatic heterocycles. The molecule has 1 amide bonds. The lowest BCUT2D eigenvalue weighted by Gasteiger charge is -2.38. The van der Waals surface area contributed by atoms with E-state index in [1.54, 1.807) is 0 Å². The number of carbonyl (C=O) groups is 1. The molecule has 0 aromatic rings. The van der Waals surface area contributed by atoms with Gasteiger partial charge in [-0.15, -0.1) is 12.3 Å². The molecular weight excluding hydrogens is 214 g/mol. The normalized spacial score (nSPS) is 32.1. The highest BCUT2D eigenvalue weighted by Gasteiger charge is 2.44. The van der Waals surface area contributed by atoms with Gasteiger partial charge in [0, 0.05) is 18.0 Å². The first-order valence-electron chi connectivity index (χ1n) is 6.38. The van der Waals surface area contributed by atoms with Gasteiger partial charge in [-0.3, -0.25) is 0 Å². The van der Waals surface area contributed by atoms with Crippen molar-refractivity contribution in [2.24, 2.45) is 5.92 Å². The van der Waals surface area contributed by atoms with Gasteiger partial charge >= 0.3 is 6.09 Å². The Balaban J connectivity index is 2.04. The summed E-state index contributed by atoms with van der Waals surface area (Å²) in [6, 6.07) is 0.592. The van der Waals surface area contributed by atoms with Crippen LogP contribution in [0.15, 0.2) is 0 Å². The van der Waals surface area contributed by atoms with Crippen LogP contribution in [0.2, 0.25) is 0 Å². The second kappa shape index (κ2) is 4.25. The Kier molecular flexibility index (Phi) is 3.07. The molecule has 3 nitrogen and oxygen atoms in total. The van der Waals surface area contributed by atoms with Crippen molar-refractivity contribution in [1.29, 1.82) is 0 Å². The van der Waals surface area contributed by atoms with Crippen LogP contribution in [0.25, 0.3) is 0 Å². The second-order valence-electron chi connectivity index (χ2n) is 6.11. The smallest absolute Gasteiger partial charge is 0.410 e. The van der Waals surface area contributed by atoms with Crippen LogP contribution < -0.4 is 0 Å². The highest BCUT2D eigenvalue weighted by molar-refractivity contribution is 5.69. The fourth-order valence-corrected chi connectivity index (χ4v) is 2.93. The van der Waals surface area contributed by atoms with E-state index in [2.05, 4.69) is 5.92 Å². The van der Waals surface area contributed by atoms with E-state index in [9.17, 15) is 4.79 Å². The van der Waals surface area contributed by atoms with Gasteiger partial charge in [0.2, 0.25) is 0 Å². The molecule has 2 fully saturated rings. The summed E-state index contributed by atoms with van der Waals surface area (Å²) in [6.07, 6.45) is 9.34. The molecule has 17 heavy (non-hydrogen) atoms. The van der Waals surface area contributed by atoms with E-state index in [4.69, 9.17) is 11.2 Å². The zero-order chi connectivity index (χ0) is 12.6. The van der Waals surface area contributed by atoms with Crippen LogP contribution in [0.1, 0.15) is 46.5 Å². The van der Waals surface area contributed by atoms with Crippen LogP contribution in [-0.2, 0) is 4.74 Å². The van der Waals surface area contributed by atoms with Crippen molar-refractivity contribution in [3.63, 3.8) is 0 Å². The molecule has 2 saturated heterocycles. The second-order valence-corrected chi connectivity index (χ2v) is 6.11. The maximum atomic E-state index is 12.1. The van der Waals surface area contributed by atoms with Crippen molar-refractivity contribution in [1.82, 2.24) is 4.90 Å². The fourth-order valence-electron chi connectivity index (χ4n) is 2.93. The molecule has 0 aliphatic carbocycles. The maximum Gasteiger partial charge on any atom is 0.410 e. The number of rotatable bonds is 0. The standard InChI is InChI=1S/C14H21NO2/c1-5-10-8-11-6-7-12(9-10)15(11)13(16)17-14(2,3)4/h1,10-12H,6-9H2,2-4H3/t10?,11-,12?/m0/s1. The summed E-state index contributed by atoms with van der Waals surface area (Å²) in [5, 5.41) is 0. The third-order valence-corrected chi connectivity index (χ3v) is 3.57. The molecule has 0 aromatic carbocycles. The molecule has 0 aromatic heterocycles. The minimum atomic E-state index is -0.417. The van der Waals surface area contributed by atoms with Gasteiger partial charge in [0.25, 0.3) is 0 Å². The van der Waals surface area contributed by atoms with E-state index in [1.165, 1.54) is 0 Å². The van der Waals surface area contributed by atoms with Gasteiger partial charge in [0.15, 0.2) is 0 Å². The van der Waals surface area contributed by atoms with Crippen LogP contribution in [0.5, 0.6) is 0 Å². The Bertz CT molecular complexity index is 336. The molecule has 2 bridgehead atoms. The number of hydrogen-bond acceptors (Lipinski definition) is 2. The number of carbonyl (C=O) groups excluding carboxylic acids is 1. The molecule has 0 spiro atoms. The van der Waals surface area contributed by atoms with E-state index in [0.717, 1.165) is 25.7 Å². The number of ether oxygens (including phenoxy) is 1. The summed E-state index contributed by atoms with van der Waals surface area (Å²) in [5.74, 6) is 3.17. The Labute approximate surface area is 104 Å². The molecule has 0 saturated carbocycles. The number of hydrogen-bond donors (Lipinski definition) is 0. The number of piperidine rings is 1. The monoisotopic (exact) mass is 235 g/mol. The van der Waals surface area contributed by atoms with Crippen molar-refractivity contribution in [3.05, 3.63) is 0 Å². The summed E-state index contributed by atoms with van der Waals surface area (Å²) in [4.78, 5) is 14.1. The molecule has 2 rings (SSSR count). The van der Waals surface area contributed by atoms with Crippen LogP contribution in [0.3, 0.4) is 0 Å². The maximum absolute atomic E-state index is 12.1. The number of amides is 1. The Morgan fingerprint density at radius 2 is 1.82 bits per heavy atom. The van der Waals surface area contributed by atoms with Gasteiger partial charge in [0.1, 0.15) is 5.60 Å². The van der Waals surface area contributed by atoms with Gasteiger partial charge in [-0.1, -0.05) is 0 Å². The molecule has 0 radical (unpaired) electrons. The Hall–Kier alpha value is -1.17. The van der Waals surface area contributed by atoms with Gasteiger partial charge in [0.05, 0.1) is 0 Å². The Morgan fingerprint density at radius 1 is 1.29 bits per heavy atom. The summed E-state index contributed by atoms with van der Waals surface area (Å²) < 4.78 is 5.46.